The van der Waals surface area contributed by atoms with E-state index in [1.54, 1.807) is 12.1 Å². The highest BCUT2D eigenvalue weighted by atomic mass is 79.9. The van der Waals surface area contributed by atoms with Crippen molar-refractivity contribution in [2.45, 2.75) is 13.0 Å². The maximum atomic E-state index is 11.6. The van der Waals surface area contributed by atoms with Gasteiger partial charge in [-0.25, -0.2) is 0 Å². The Morgan fingerprint density at radius 3 is 2.84 bits per heavy atom. The Morgan fingerprint density at radius 2 is 2.21 bits per heavy atom. The lowest BCUT2D eigenvalue weighted by Gasteiger charge is -2.11. The summed E-state index contributed by atoms with van der Waals surface area (Å²) in [7, 11) is 0. The first-order valence-electron chi connectivity index (χ1n) is 5.97. The van der Waals surface area contributed by atoms with Crippen LogP contribution in [0.4, 0.5) is 0 Å². The molecule has 0 bridgehead atoms. The van der Waals surface area contributed by atoms with Crippen molar-refractivity contribution in [2.24, 2.45) is 0 Å². The fourth-order valence-electron chi connectivity index (χ4n) is 1.62. The Hall–Kier alpha value is -1.53. The molecule has 0 unspecified atom stereocenters. The molecule has 1 atom stereocenters. The molecule has 0 aromatic carbocycles. The summed E-state index contributed by atoms with van der Waals surface area (Å²) < 4.78 is 11.1. The monoisotopic (exact) mass is 326 g/mol. The van der Waals surface area contributed by atoms with Crippen LogP contribution < -0.4 is 10.6 Å². The summed E-state index contributed by atoms with van der Waals surface area (Å²) in [6, 6.07) is 7.16. The highest BCUT2D eigenvalue weighted by Gasteiger charge is 2.10. The predicted octanol–water partition coefficient (Wildman–Crippen LogP) is 2.72. The molecular formula is C13H15BrN2O3. The topological polar surface area (TPSA) is 67.4 Å². The van der Waals surface area contributed by atoms with E-state index in [0.717, 1.165) is 5.76 Å². The number of carbonyl (C=O) groups is 1. The maximum absolute atomic E-state index is 11.6. The van der Waals surface area contributed by atoms with Crippen molar-refractivity contribution in [3.8, 4) is 0 Å². The number of hydrogen-bond donors (Lipinski definition) is 2. The lowest BCUT2D eigenvalue weighted by molar-refractivity contribution is 0.0926. The number of carbonyl (C=O) groups excluding carboxylic acids is 1. The van der Waals surface area contributed by atoms with Gasteiger partial charge in [-0.3, -0.25) is 4.79 Å². The molecule has 0 saturated heterocycles. The van der Waals surface area contributed by atoms with Crippen molar-refractivity contribution in [2.75, 3.05) is 13.1 Å². The van der Waals surface area contributed by atoms with Gasteiger partial charge in [0.2, 0.25) is 0 Å². The number of amides is 1. The minimum atomic E-state index is -0.208. The molecule has 0 fully saturated rings. The molecule has 2 aromatic rings. The number of hydrogen-bond acceptors (Lipinski definition) is 4. The summed E-state index contributed by atoms with van der Waals surface area (Å²) >= 11 is 3.26. The minimum Gasteiger partial charge on any atom is -0.459 e. The summed E-state index contributed by atoms with van der Waals surface area (Å²) in [5.74, 6) is 0.965. The van der Waals surface area contributed by atoms with Crippen molar-refractivity contribution in [1.29, 1.82) is 0 Å². The van der Waals surface area contributed by atoms with Crippen LogP contribution in [0.5, 0.6) is 0 Å². The number of furan rings is 2. The van der Waals surface area contributed by atoms with Gasteiger partial charge in [0, 0.05) is 13.1 Å². The van der Waals surface area contributed by atoms with Gasteiger partial charge in [0.25, 0.3) is 5.91 Å². The first-order valence-corrected chi connectivity index (χ1v) is 6.76. The highest BCUT2D eigenvalue weighted by molar-refractivity contribution is 9.10. The molecular weight excluding hydrogens is 312 g/mol. The van der Waals surface area contributed by atoms with Crippen LogP contribution in [0, 0.1) is 0 Å². The van der Waals surface area contributed by atoms with E-state index in [9.17, 15) is 4.79 Å². The van der Waals surface area contributed by atoms with Crippen LogP contribution >= 0.6 is 15.9 Å². The Balaban J connectivity index is 1.68. The number of rotatable bonds is 6. The van der Waals surface area contributed by atoms with Gasteiger partial charge >= 0.3 is 0 Å². The van der Waals surface area contributed by atoms with E-state index in [1.165, 1.54) is 6.26 Å². The van der Waals surface area contributed by atoms with Gasteiger partial charge in [0.1, 0.15) is 5.76 Å². The summed E-state index contributed by atoms with van der Waals surface area (Å²) in [5, 5.41) is 6.02. The third kappa shape index (κ3) is 3.97. The van der Waals surface area contributed by atoms with E-state index in [1.807, 2.05) is 19.1 Å². The van der Waals surface area contributed by atoms with Crippen LogP contribution in [0.2, 0.25) is 0 Å². The van der Waals surface area contributed by atoms with Crippen molar-refractivity contribution in [1.82, 2.24) is 10.6 Å². The average Bonchev–Trinajstić information content (AvgIpc) is 3.04. The van der Waals surface area contributed by atoms with Gasteiger partial charge in [-0.05, 0) is 47.1 Å². The van der Waals surface area contributed by atoms with Crippen LogP contribution in [0.1, 0.15) is 29.3 Å². The molecule has 0 aliphatic heterocycles. The predicted molar refractivity (Wildman–Crippen MR) is 73.9 cm³/mol. The lowest BCUT2D eigenvalue weighted by Crippen LogP contribution is -2.32. The van der Waals surface area contributed by atoms with Crippen molar-refractivity contribution < 1.29 is 13.6 Å². The molecule has 5 nitrogen and oxygen atoms in total. The zero-order valence-corrected chi connectivity index (χ0v) is 12.1. The van der Waals surface area contributed by atoms with E-state index in [-0.39, 0.29) is 11.9 Å². The average molecular weight is 327 g/mol. The minimum absolute atomic E-state index is 0.0896. The third-order valence-electron chi connectivity index (χ3n) is 2.63. The zero-order valence-electron chi connectivity index (χ0n) is 10.5. The summed E-state index contributed by atoms with van der Waals surface area (Å²) in [6.07, 6.45) is 1.48. The largest absolute Gasteiger partial charge is 0.459 e. The molecule has 0 radical (unpaired) electrons. The smallest absolute Gasteiger partial charge is 0.287 e. The molecule has 0 spiro atoms. The molecule has 19 heavy (non-hydrogen) atoms. The van der Waals surface area contributed by atoms with E-state index < -0.39 is 0 Å². The molecule has 6 heteroatoms. The van der Waals surface area contributed by atoms with Crippen molar-refractivity contribution in [3.05, 3.63) is 46.7 Å². The molecule has 0 aliphatic carbocycles. The fourth-order valence-corrected chi connectivity index (χ4v) is 1.94. The fraction of sp³-hybridized carbons (Fsp3) is 0.308. The van der Waals surface area contributed by atoms with Crippen LogP contribution in [0.3, 0.4) is 0 Å². The van der Waals surface area contributed by atoms with Gasteiger partial charge < -0.3 is 19.5 Å². The van der Waals surface area contributed by atoms with Gasteiger partial charge in [0.05, 0.1) is 12.3 Å². The Morgan fingerprint density at radius 1 is 1.37 bits per heavy atom. The summed E-state index contributed by atoms with van der Waals surface area (Å²) in [5.41, 5.74) is 0. The van der Waals surface area contributed by atoms with Crippen LogP contribution in [-0.4, -0.2) is 19.0 Å². The van der Waals surface area contributed by atoms with Crippen molar-refractivity contribution >= 4 is 21.8 Å². The molecule has 0 aliphatic rings. The molecule has 102 valence electrons. The first-order chi connectivity index (χ1) is 9.16. The second-order valence-corrected chi connectivity index (χ2v) is 4.83. The quantitative estimate of drug-likeness (QED) is 0.801. The normalized spacial score (nSPS) is 12.3. The molecule has 2 heterocycles. The van der Waals surface area contributed by atoms with E-state index >= 15 is 0 Å². The van der Waals surface area contributed by atoms with E-state index in [0.29, 0.717) is 23.5 Å². The second kappa shape index (κ2) is 6.58. The van der Waals surface area contributed by atoms with Gasteiger partial charge in [-0.2, -0.15) is 0 Å². The van der Waals surface area contributed by atoms with Gasteiger partial charge in [0.15, 0.2) is 10.4 Å². The SMILES string of the molecule is C[C@@H](NCCNC(=O)c1ccco1)c1ccc(Br)o1. The van der Waals surface area contributed by atoms with Crippen LogP contribution in [-0.2, 0) is 0 Å². The maximum Gasteiger partial charge on any atom is 0.287 e. The Bertz CT molecular complexity index is 522. The summed E-state index contributed by atoms with van der Waals surface area (Å²) in [6.45, 7) is 3.16. The Kier molecular flexibility index (Phi) is 4.81. The highest BCUT2D eigenvalue weighted by Crippen LogP contribution is 2.19. The second-order valence-electron chi connectivity index (χ2n) is 4.05. The third-order valence-corrected chi connectivity index (χ3v) is 3.05. The molecule has 1 amide bonds. The van der Waals surface area contributed by atoms with Gasteiger partial charge in [-0.15, -0.1) is 0 Å². The first kappa shape index (κ1) is 13.9. The number of halogens is 1. The molecule has 2 rings (SSSR count). The lowest BCUT2D eigenvalue weighted by atomic mass is 10.2. The Labute approximate surface area is 119 Å². The van der Waals surface area contributed by atoms with Gasteiger partial charge in [-0.1, -0.05) is 0 Å². The van der Waals surface area contributed by atoms with Crippen LogP contribution in [0.15, 0.2) is 44.0 Å². The molecule has 2 N–H and O–H groups in total. The number of nitrogens with one attached hydrogen (secondary N) is 2. The van der Waals surface area contributed by atoms with Crippen molar-refractivity contribution in [3.63, 3.8) is 0 Å². The van der Waals surface area contributed by atoms with E-state index in [4.69, 9.17) is 8.83 Å². The molecule has 2 aromatic heterocycles. The zero-order chi connectivity index (χ0) is 13.7. The van der Waals surface area contributed by atoms with E-state index in [2.05, 4.69) is 26.6 Å². The molecule has 0 saturated carbocycles. The van der Waals surface area contributed by atoms with Crippen LogP contribution in [0.25, 0.3) is 0 Å². The summed E-state index contributed by atoms with van der Waals surface area (Å²) in [4.78, 5) is 11.6. The standard InChI is InChI=1S/C13H15BrN2O3/c1-9(10-4-5-12(14)19-10)15-6-7-16-13(17)11-3-2-8-18-11/h2-5,8-9,15H,6-7H2,1H3,(H,16,17)/t9-/m1/s1.